The summed E-state index contributed by atoms with van der Waals surface area (Å²) in [6.07, 6.45) is 1.29. The molecule has 0 unspecified atom stereocenters. The number of aryl methyl sites for hydroxylation is 3. The van der Waals surface area contributed by atoms with Gasteiger partial charge in [0, 0.05) is 19.4 Å². The zero-order valence-electron chi connectivity index (χ0n) is 11.2. The van der Waals surface area contributed by atoms with Gasteiger partial charge in [0.2, 0.25) is 5.89 Å². The molecule has 0 aliphatic heterocycles. The van der Waals surface area contributed by atoms with Gasteiger partial charge in [0.25, 0.3) is 0 Å². The monoisotopic (exact) mass is 297 g/mol. The van der Waals surface area contributed by atoms with E-state index in [1.165, 1.54) is 0 Å². The molecule has 0 aromatic carbocycles. The highest BCUT2D eigenvalue weighted by atomic mass is 32.2. The number of aromatic nitrogens is 5. The lowest BCUT2D eigenvalue weighted by Crippen LogP contribution is -2.08. The number of carbonyl (C=O) groups is 1. The Kier molecular flexibility index (Phi) is 4.72. The Labute approximate surface area is 119 Å². The Morgan fingerprint density at radius 1 is 1.45 bits per heavy atom. The third-order valence-electron chi connectivity index (χ3n) is 2.55. The summed E-state index contributed by atoms with van der Waals surface area (Å²) in [6, 6.07) is 0. The minimum Gasteiger partial charge on any atom is -0.481 e. The number of aliphatic carboxylic acids is 1. The predicted molar refractivity (Wildman–Crippen MR) is 70.5 cm³/mol. The molecule has 2 aromatic heterocycles. The maximum atomic E-state index is 10.6. The van der Waals surface area contributed by atoms with E-state index in [2.05, 4.69) is 20.3 Å². The fraction of sp³-hybridized carbons (Fsp3) is 0.545. The Hall–Kier alpha value is -1.90. The summed E-state index contributed by atoms with van der Waals surface area (Å²) in [5.41, 5.74) is 0. The van der Waals surface area contributed by atoms with Crippen LogP contribution >= 0.6 is 11.8 Å². The zero-order chi connectivity index (χ0) is 14.5. The Balaban J connectivity index is 2.07. The van der Waals surface area contributed by atoms with E-state index in [-0.39, 0.29) is 5.75 Å². The lowest BCUT2D eigenvalue weighted by Gasteiger charge is -2.06. The number of nitrogens with zero attached hydrogens (tertiary/aromatic N) is 5. The van der Waals surface area contributed by atoms with Gasteiger partial charge in [0.05, 0.1) is 5.75 Å². The fourth-order valence-corrected chi connectivity index (χ4v) is 2.39. The van der Waals surface area contributed by atoms with Gasteiger partial charge >= 0.3 is 5.97 Å². The molecule has 8 nitrogen and oxygen atoms in total. The first kappa shape index (κ1) is 14.5. The van der Waals surface area contributed by atoms with Crippen molar-refractivity contribution in [3.05, 3.63) is 17.5 Å². The molecule has 0 saturated carbocycles. The van der Waals surface area contributed by atoms with Crippen LogP contribution in [0.4, 0.5) is 0 Å². The number of hydrogen-bond donors (Lipinski definition) is 1. The quantitative estimate of drug-likeness (QED) is 0.753. The summed E-state index contributed by atoms with van der Waals surface area (Å²) in [6.45, 7) is 4.32. The van der Waals surface area contributed by atoms with Crippen molar-refractivity contribution in [1.29, 1.82) is 0 Å². The summed E-state index contributed by atoms with van der Waals surface area (Å²) in [4.78, 5) is 14.8. The van der Waals surface area contributed by atoms with Gasteiger partial charge < -0.3 is 14.2 Å². The zero-order valence-corrected chi connectivity index (χ0v) is 12.1. The summed E-state index contributed by atoms with van der Waals surface area (Å²) >= 11 is 1.15. The highest BCUT2D eigenvalue weighted by Gasteiger charge is 2.14. The Morgan fingerprint density at radius 2 is 2.25 bits per heavy atom. The molecule has 108 valence electrons. The second-order valence-electron chi connectivity index (χ2n) is 4.07. The number of carboxylic acid groups (broad SMARTS) is 1. The van der Waals surface area contributed by atoms with Crippen molar-refractivity contribution in [3.8, 4) is 0 Å². The molecule has 9 heteroatoms. The number of carboxylic acids is 1. The maximum Gasteiger partial charge on any atom is 0.313 e. The van der Waals surface area contributed by atoms with E-state index in [9.17, 15) is 4.79 Å². The van der Waals surface area contributed by atoms with Crippen LogP contribution in [0.3, 0.4) is 0 Å². The minimum absolute atomic E-state index is 0.0402. The molecule has 2 aromatic rings. The van der Waals surface area contributed by atoms with Gasteiger partial charge in [-0.15, -0.1) is 10.2 Å². The third-order valence-corrected chi connectivity index (χ3v) is 3.50. The predicted octanol–water partition coefficient (Wildman–Crippen LogP) is 0.951. The molecule has 1 N–H and O–H groups in total. The first-order valence-electron chi connectivity index (χ1n) is 6.16. The van der Waals surface area contributed by atoms with Crippen LogP contribution in [-0.2, 0) is 24.2 Å². The second kappa shape index (κ2) is 6.51. The molecular formula is C11H15N5O3S. The number of thioether (sulfide) groups is 1. The van der Waals surface area contributed by atoms with Crippen LogP contribution in [0.25, 0.3) is 0 Å². The van der Waals surface area contributed by atoms with E-state index in [4.69, 9.17) is 9.63 Å². The summed E-state index contributed by atoms with van der Waals surface area (Å²) in [5.74, 6) is 1.04. The van der Waals surface area contributed by atoms with Crippen LogP contribution in [0, 0.1) is 6.92 Å². The summed E-state index contributed by atoms with van der Waals surface area (Å²) in [5, 5.41) is 21.1. The van der Waals surface area contributed by atoms with Gasteiger partial charge in [0.15, 0.2) is 11.0 Å². The van der Waals surface area contributed by atoms with Gasteiger partial charge in [-0.05, 0) is 6.92 Å². The van der Waals surface area contributed by atoms with Crippen molar-refractivity contribution in [2.75, 3.05) is 5.75 Å². The van der Waals surface area contributed by atoms with Crippen LogP contribution in [-0.4, -0.2) is 41.7 Å². The Bertz CT molecular complexity index is 595. The first-order valence-corrected chi connectivity index (χ1v) is 7.14. The lowest BCUT2D eigenvalue weighted by atomic mass is 10.4. The average Bonchev–Trinajstić information content (AvgIpc) is 2.99. The number of rotatable bonds is 7. The van der Waals surface area contributed by atoms with Crippen molar-refractivity contribution < 1.29 is 14.4 Å². The standard InChI is InChI=1S/C11H15N5O3S/c1-3-8-13-14-11(20-6-10(17)18)16(8)5-4-9-12-7(2)15-19-9/h3-6H2,1-2H3,(H,17,18). The van der Waals surface area contributed by atoms with Crippen molar-refractivity contribution in [2.45, 2.75) is 38.4 Å². The molecular weight excluding hydrogens is 282 g/mol. The van der Waals surface area contributed by atoms with Crippen LogP contribution in [0.15, 0.2) is 9.68 Å². The van der Waals surface area contributed by atoms with E-state index in [1.807, 2.05) is 11.5 Å². The number of hydrogen-bond acceptors (Lipinski definition) is 7. The molecule has 0 aliphatic rings. The van der Waals surface area contributed by atoms with Gasteiger partial charge in [-0.2, -0.15) is 4.98 Å². The van der Waals surface area contributed by atoms with Gasteiger partial charge in [-0.25, -0.2) is 0 Å². The van der Waals surface area contributed by atoms with E-state index in [0.717, 1.165) is 24.0 Å². The van der Waals surface area contributed by atoms with Crippen molar-refractivity contribution in [2.24, 2.45) is 0 Å². The highest BCUT2D eigenvalue weighted by Crippen LogP contribution is 2.17. The average molecular weight is 297 g/mol. The van der Waals surface area contributed by atoms with E-state index in [0.29, 0.717) is 29.8 Å². The summed E-state index contributed by atoms with van der Waals surface area (Å²) in [7, 11) is 0. The van der Waals surface area contributed by atoms with Crippen LogP contribution in [0.5, 0.6) is 0 Å². The lowest BCUT2D eigenvalue weighted by molar-refractivity contribution is -0.133. The molecule has 0 spiro atoms. The topological polar surface area (TPSA) is 107 Å². The SMILES string of the molecule is CCc1nnc(SCC(=O)O)n1CCc1nc(C)no1. The maximum absolute atomic E-state index is 10.6. The molecule has 20 heavy (non-hydrogen) atoms. The van der Waals surface area contributed by atoms with Crippen LogP contribution < -0.4 is 0 Å². The van der Waals surface area contributed by atoms with E-state index in [1.54, 1.807) is 6.92 Å². The van der Waals surface area contributed by atoms with Crippen LogP contribution in [0.2, 0.25) is 0 Å². The fourth-order valence-electron chi connectivity index (χ4n) is 1.69. The molecule has 0 bridgehead atoms. The molecule has 0 saturated heterocycles. The minimum atomic E-state index is -0.880. The second-order valence-corrected chi connectivity index (χ2v) is 5.01. The van der Waals surface area contributed by atoms with Crippen LogP contribution in [0.1, 0.15) is 24.5 Å². The smallest absolute Gasteiger partial charge is 0.313 e. The van der Waals surface area contributed by atoms with Crippen molar-refractivity contribution in [1.82, 2.24) is 24.9 Å². The van der Waals surface area contributed by atoms with Crippen molar-refractivity contribution in [3.63, 3.8) is 0 Å². The molecule has 0 radical (unpaired) electrons. The normalized spacial score (nSPS) is 10.9. The van der Waals surface area contributed by atoms with E-state index < -0.39 is 5.97 Å². The highest BCUT2D eigenvalue weighted by molar-refractivity contribution is 7.99. The molecule has 0 aliphatic carbocycles. The first-order chi connectivity index (χ1) is 9.60. The third kappa shape index (κ3) is 3.56. The largest absolute Gasteiger partial charge is 0.481 e. The van der Waals surface area contributed by atoms with Gasteiger partial charge in [0.1, 0.15) is 5.82 Å². The van der Waals surface area contributed by atoms with Crippen molar-refractivity contribution >= 4 is 17.7 Å². The molecule has 0 fully saturated rings. The molecule has 2 heterocycles. The molecule has 2 rings (SSSR count). The van der Waals surface area contributed by atoms with E-state index >= 15 is 0 Å². The Morgan fingerprint density at radius 3 is 2.85 bits per heavy atom. The molecule has 0 amide bonds. The van der Waals surface area contributed by atoms with Gasteiger partial charge in [-0.1, -0.05) is 23.8 Å². The summed E-state index contributed by atoms with van der Waals surface area (Å²) < 4.78 is 6.95. The molecule has 0 atom stereocenters. The van der Waals surface area contributed by atoms with Gasteiger partial charge in [-0.3, -0.25) is 4.79 Å².